The number of benzene rings is 2. The monoisotopic (exact) mass is 250 g/mol. The second-order valence-corrected chi connectivity index (χ2v) is 4.67. The average Bonchev–Trinajstić information content (AvgIpc) is 2.33. The number of nitrogens with one attached hydrogen (secondary N) is 1. The lowest BCUT2D eigenvalue weighted by Crippen LogP contribution is -2.12. The molecule has 0 aliphatic rings. The van der Waals surface area contributed by atoms with E-state index in [9.17, 15) is 4.55 Å². The zero-order valence-electron chi connectivity index (χ0n) is 8.31. The Bertz CT molecular complexity index is 464. The number of hydrogen-bond donors (Lipinski definition) is 1. The molecule has 4 heteroatoms. The Morgan fingerprint density at radius 2 is 1.88 bits per heavy atom. The molecule has 0 saturated carbocycles. The Labute approximate surface area is 103 Å². The minimum absolute atomic E-state index is 0.437. The zero-order chi connectivity index (χ0) is 11.4. The van der Waals surface area contributed by atoms with Gasteiger partial charge in [-0.25, -0.2) is 4.72 Å². The molecule has 2 nitrogen and oxygen atoms in total. The normalized spacial score (nSPS) is 12.1. The Morgan fingerprint density at radius 3 is 2.56 bits per heavy atom. The average molecular weight is 251 g/mol. The molecule has 0 aliphatic heterocycles. The van der Waals surface area contributed by atoms with Crippen LogP contribution in [0.25, 0.3) is 0 Å². The molecule has 81 valence electrons. The van der Waals surface area contributed by atoms with E-state index in [-0.39, 0.29) is 0 Å². The van der Waals surface area contributed by atoms with Crippen molar-refractivity contribution in [1.29, 1.82) is 0 Å². The van der Waals surface area contributed by atoms with Gasteiger partial charge in [0.25, 0.3) is 0 Å². The fourth-order valence-corrected chi connectivity index (χ4v) is 2.32. The van der Waals surface area contributed by atoms with Crippen LogP contribution in [0.1, 0.15) is 0 Å². The van der Waals surface area contributed by atoms with Gasteiger partial charge in [0, 0.05) is 6.07 Å². The molecule has 0 amide bonds. The van der Waals surface area contributed by atoms with Crippen molar-refractivity contribution in [3.63, 3.8) is 0 Å². The van der Waals surface area contributed by atoms with Gasteiger partial charge in [0.2, 0.25) is 0 Å². The molecule has 2 aromatic carbocycles. The lowest BCUT2D eigenvalue weighted by molar-refractivity contribution is 0.600. The summed E-state index contributed by atoms with van der Waals surface area (Å²) < 4.78 is 14.7. The quantitative estimate of drug-likeness (QED) is 0.849. The summed E-state index contributed by atoms with van der Waals surface area (Å²) in [7, 11) is 0. The maximum absolute atomic E-state index is 11.9. The Morgan fingerprint density at radius 1 is 1.12 bits per heavy atom. The topological polar surface area (TPSA) is 35.1 Å². The van der Waals surface area contributed by atoms with Gasteiger partial charge in [0.05, 0.1) is 5.02 Å². The Hall–Kier alpha value is -1.16. The minimum atomic E-state index is -1.30. The molecule has 2 aromatic rings. The first-order chi connectivity index (χ1) is 7.77. The van der Waals surface area contributed by atoms with Crippen LogP contribution in [0.4, 0.5) is 5.69 Å². The highest BCUT2D eigenvalue weighted by atomic mass is 35.5. The Kier molecular flexibility index (Phi) is 3.72. The third-order valence-electron chi connectivity index (χ3n) is 1.97. The largest absolute Gasteiger partial charge is 0.588 e. The van der Waals surface area contributed by atoms with E-state index in [1.54, 1.807) is 30.3 Å². The number of hydrogen-bond acceptors (Lipinski definition) is 2. The summed E-state index contributed by atoms with van der Waals surface area (Å²) in [6, 6.07) is 17.2. The summed E-state index contributed by atoms with van der Waals surface area (Å²) in [6.07, 6.45) is 0. The van der Waals surface area contributed by atoms with Crippen molar-refractivity contribution in [2.24, 2.45) is 0 Å². The van der Waals surface area contributed by atoms with Crippen LogP contribution in [0, 0.1) is 6.07 Å². The van der Waals surface area contributed by atoms with Crippen LogP contribution < -0.4 is 4.72 Å². The van der Waals surface area contributed by atoms with Crippen LogP contribution in [-0.4, -0.2) is 4.55 Å². The molecule has 0 bridgehead atoms. The molecule has 16 heavy (non-hydrogen) atoms. The molecule has 1 N–H and O–H groups in total. The first-order valence-corrected chi connectivity index (χ1v) is 6.20. The summed E-state index contributed by atoms with van der Waals surface area (Å²) in [5.41, 5.74) is 0.617. The second kappa shape index (κ2) is 5.25. The van der Waals surface area contributed by atoms with Crippen LogP contribution in [0.5, 0.6) is 0 Å². The molecule has 1 unspecified atom stereocenters. The lowest BCUT2D eigenvalue weighted by atomic mass is 10.3. The molecular formula is C12H9ClNOS. The minimum Gasteiger partial charge on any atom is -0.588 e. The van der Waals surface area contributed by atoms with Crippen molar-refractivity contribution in [1.82, 2.24) is 0 Å². The highest BCUT2D eigenvalue weighted by Gasteiger charge is 2.12. The van der Waals surface area contributed by atoms with Crippen molar-refractivity contribution in [3.05, 3.63) is 59.6 Å². The third-order valence-corrected chi connectivity index (χ3v) is 3.38. The summed E-state index contributed by atoms with van der Waals surface area (Å²) in [6.45, 7) is 0. The van der Waals surface area contributed by atoms with E-state index >= 15 is 0 Å². The molecule has 2 rings (SSSR count). The first-order valence-electron chi connectivity index (χ1n) is 4.67. The van der Waals surface area contributed by atoms with Gasteiger partial charge in [-0.2, -0.15) is 0 Å². The van der Waals surface area contributed by atoms with Crippen LogP contribution in [0.3, 0.4) is 0 Å². The number of rotatable bonds is 3. The van der Waals surface area contributed by atoms with Gasteiger partial charge >= 0.3 is 0 Å². The maximum Gasteiger partial charge on any atom is 0.179 e. The fourth-order valence-electron chi connectivity index (χ4n) is 1.20. The maximum atomic E-state index is 11.9. The van der Waals surface area contributed by atoms with Gasteiger partial charge in [-0.1, -0.05) is 41.9 Å². The van der Waals surface area contributed by atoms with Crippen LogP contribution >= 0.6 is 11.6 Å². The van der Waals surface area contributed by atoms with Gasteiger partial charge in [-0.15, -0.1) is 0 Å². The van der Waals surface area contributed by atoms with Crippen molar-refractivity contribution in [3.8, 4) is 0 Å². The van der Waals surface area contributed by atoms with Gasteiger partial charge in [-0.05, 0) is 18.2 Å². The second-order valence-electron chi connectivity index (χ2n) is 3.08. The predicted octanol–water partition coefficient (Wildman–Crippen LogP) is 3.27. The highest BCUT2D eigenvalue weighted by molar-refractivity contribution is 7.92. The fraction of sp³-hybridized carbons (Fsp3) is 0. The van der Waals surface area contributed by atoms with E-state index in [1.165, 1.54) is 0 Å². The molecule has 0 aliphatic carbocycles. The van der Waals surface area contributed by atoms with Crippen molar-refractivity contribution in [2.75, 3.05) is 4.72 Å². The number of halogens is 1. The number of anilines is 1. The van der Waals surface area contributed by atoms with Crippen molar-refractivity contribution < 1.29 is 4.55 Å². The first kappa shape index (κ1) is 11.3. The smallest absolute Gasteiger partial charge is 0.179 e. The van der Waals surface area contributed by atoms with E-state index < -0.39 is 11.4 Å². The van der Waals surface area contributed by atoms with Gasteiger partial charge in [0.15, 0.2) is 4.90 Å². The van der Waals surface area contributed by atoms with E-state index in [4.69, 9.17) is 11.6 Å². The molecule has 0 saturated heterocycles. The molecule has 0 heterocycles. The predicted molar refractivity (Wildman–Crippen MR) is 66.8 cm³/mol. The summed E-state index contributed by atoms with van der Waals surface area (Å²) >= 11 is 4.60. The van der Waals surface area contributed by atoms with E-state index in [0.717, 1.165) is 0 Å². The van der Waals surface area contributed by atoms with Crippen LogP contribution in [0.15, 0.2) is 53.4 Å². The van der Waals surface area contributed by atoms with Crippen molar-refractivity contribution in [2.45, 2.75) is 4.90 Å². The lowest BCUT2D eigenvalue weighted by Gasteiger charge is -2.11. The Balaban J connectivity index is 2.14. The standard InChI is InChI=1S/C12H9ClNOS/c13-11-8-4-5-9-12(11)14-16(15)10-6-2-1-3-7-10/h1-7,9,14H. The molecular weight excluding hydrogens is 242 g/mol. The molecule has 0 spiro atoms. The van der Waals surface area contributed by atoms with E-state index in [0.29, 0.717) is 15.6 Å². The SMILES string of the molecule is [O-][S+](Nc1ccc[c]c1Cl)c1ccccc1. The van der Waals surface area contributed by atoms with Gasteiger partial charge in [0.1, 0.15) is 17.0 Å². The molecule has 0 aromatic heterocycles. The van der Waals surface area contributed by atoms with Crippen LogP contribution in [-0.2, 0) is 11.4 Å². The highest BCUT2D eigenvalue weighted by Crippen LogP contribution is 2.23. The molecule has 1 atom stereocenters. The third kappa shape index (κ3) is 2.70. The van der Waals surface area contributed by atoms with E-state index in [2.05, 4.69) is 10.8 Å². The summed E-state index contributed by atoms with van der Waals surface area (Å²) in [5.74, 6) is 0. The summed E-state index contributed by atoms with van der Waals surface area (Å²) in [4.78, 5) is 0.711. The molecule has 0 fully saturated rings. The summed E-state index contributed by atoms with van der Waals surface area (Å²) in [5, 5.41) is 0.437. The van der Waals surface area contributed by atoms with Crippen LogP contribution in [0.2, 0.25) is 5.02 Å². The molecule has 1 radical (unpaired) electrons. The van der Waals surface area contributed by atoms with Gasteiger partial charge in [-0.3, -0.25) is 0 Å². The van der Waals surface area contributed by atoms with E-state index in [1.807, 2.05) is 18.2 Å². The van der Waals surface area contributed by atoms with Crippen molar-refractivity contribution >= 4 is 28.7 Å². The van der Waals surface area contributed by atoms with Gasteiger partial charge < -0.3 is 4.55 Å². The zero-order valence-corrected chi connectivity index (χ0v) is 9.89.